The van der Waals surface area contributed by atoms with Crippen LogP contribution in [0, 0.1) is 17.8 Å². The van der Waals surface area contributed by atoms with Gasteiger partial charge in [-0.1, -0.05) is 39.0 Å². The molecule has 0 N–H and O–H groups in total. The van der Waals surface area contributed by atoms with Crippen molar-refractivity contribution in [2.24, 2.45) is 27.7 Å². The fourth-order valence-electron chi connectivity index (χ4n) is 8.79. The van der Waals surface area contributed by atoms with E-state index in [0.717, 1.165) is 82.6 Å². The van der Waals surface area contributed by atoms with Crippen LogP contribution in [0.4, 0.5) is 10.5 Å². The van der Waals surface area contributed by atoms with E-state index in [2.05, 4.69) is 61.2 Å². The Morgan fingerprint density at radius 1 is 0.981 bits per heavy atom. The molecular weight excluding hydrogens is 665 g/mol. The number of likely N-dealkylation sites (tertiary alicyclic amines) is 2. The maximum Gasteiger partial charge on any atom is 0.410 e. The minimum Gasteiger partial charge on any atom is -0.488 e. The molecule has 0 spiro atoms. The van der Waals surface area contributed by atoms with Crippen LogP contribution in [0.1, 0.15) is 83.9 Å². The molecule has 5 heterocycles. The summed E-state index contributed by atoms with van der Waals surface area (Å²) < 4.78 is 17.8. The average molecular weight is 717 g/mol. The zero-order valence-corrected chi connectivity index (χ0v) is 32.2. The van der Waals surface area contributed by atoms with Crippen LogP contribution in [-0.2, 0) is 27.3 Å². The van der Waals surface area contributed by atoms with Crippen molar-refractivity contribution >= 4 is 45.5 Å². The van der Waals surface area contributed by atoms with Gasteiger partial charge >= 0.3 is 6.09 Å². The molecule has 5 aliphatic rings. The van der Waals surface area contributed by atoms with E-state index in [0.29, 0.717) is 32.1 Å². The molecule has 0 bridgehead atoms. The Hall–Kier alpha value is -4.50. The van der Waals surface area contributed by atoms with Crippen molar-refractivity contribution in [1.82, 2.24) is 9.80 Å². The number of methoxy groups -OCH3 is 1. The topological polar surface area (TPSA) is 93.0 Å². The van der Waals surface area contributed by atoms with E-state index in [9.17, 15) is 9.59 Å². The van der Waals surface area contributed by atoms with Gasteiger partial charge in [-0.15, -0.1) is 0 Å². The number of amides is 2. The first-order valence-electron chi connectivity index (χ1n) is 19.4. The van der Waals surface area contributed by atoms with Crippen LogP contribution in [0.5, 0.6) is 5.75 Å². The molecule has 0 radical (unpaired) electrons. The lowest BCUT2D eigenvalue weighted by molar-refractivity contribution is -0.136. The molecule has 2 fully saturated rings. The quantitative estimate of drug-likeness (QED) is 0.244. The van der Waals surface area contributed by atoms with E-state index >= 15 is 0 Å². The smallest absolute Gasteiger partial charge is 0.410 e. The Morgan fingerprint density at radius 2 is 1.81 bits per heavy atom. The molecule has 0 saturated carbocycles. The first-order chi connectivity index (χ1) is 25.4. The van der Waals surface area contributed by atoms with Gasteiger partial charge in [-0.05, 0) is 109 Å². The van der Waals surface area contributed by atoms with Crippen LogP contribution >= 0.6 is 0 Å². The first kappa shape index (κ1) is 35.5. The van der Waals surface area contributed by atoms with Crippen molar-refractivity contribution in [1.29, 1.82) is 0 Å². The van der Waals surface area contributed by atoms with Crippen molar-refractivity contribution in [3.05, 3.63) is 65.4 Å². The van der Waals surface area contributed by atoms with Crippen LogP contribution < -0.4 is 4.74 Å². The number of ether oxygens (including phenoxy) is 3. The van der Waals surface area contributed by atoms with Gasteiger partial charge in [0, 0.05) is 68.1 Å². The van der Waals surface area contributed by atoms with Gasteiger partial charge in [0.05, 0.1) is 24.4 Å². The molecule has 2 amide bonds. The monoisotopic (exact) mass is 716 g/mol. The third kappa shape index (κ3) is 6.66. The molecule has 9 nitrogen and oxygen atoms in total. The second-order valence-electron chi connectivity index (χ2n) is 17.0. The van der Waals surface area contributed by atoms with E-state index in [1.807, 2.05) is 38.8 Å². The summed E-state index contributed by atoms with van der Waals surface area (Å²) in [5.74, 6) is 1.70. The summed E-state index contributed by atoms with van der Waals surface area (Å²) in [4.78, 5) is 40.5. The Kier molecular flexibility index (Phi) is 9.20. The molecule has 4 atom stereocenters. The van der Waals surface area contributed by atoms with E-state index in [-0.39, 0.29) is 35.9 Å². The summed E-state index contributed by atoms with van der Waals surface area (Å²) in [6.45, 7) is 14.5. The number of aliphatic imine (C=N–C) groups is 2. The third-order valence-corrected chi connectivity index (χ3v) is 11.8. The average Bonchev–Trinajstić information content (AvgIpc) is 3.94. The Labute approximate surface area is 313 Å². The van der Waals surface area contributed by atoms with Crippen LogP contribution in [0.3, 0.4) is 0 Å². The van der Waals surface area contributed by atoms with Crippen LogP contribution in [0.2, 0.25) is 0 Å². The molecule has 53 heavy (non-hydrogen) atoms. The van der Waals surface area contributed by atoms with E-state index in [1.54, 1.807) is 7.11 Å². The van der Waals surface area contributed by atoms with Crippen molar-refractivity contribution in [3.8, 4) is 16.9 Å². The minimum atomic E-state index is -0.575. The number of benzene rings is 3. The van der Waals surface area contributed by atoms with Gasteiger partial charge in [-0.2, -0.15) is 0 Å². The van der Waals surface area contributed by atoms with E-state index < -0.39 is 5.60 Å². The minimum absolute atomic E-state index is 0.0143. The van der Waals surface area contributed by atoms with E-state index in [1.165, 1.54) is 16.7 Å². The predicted molar refractivity (Wildman–Crippen MR) is 210 cm³/mol. The summed E-state index contributed by atoms with van der Waals surface area (Å²) in [6, 6.07) is 15.3. The van der Waals surface area contributed by atoms with Gasteiger partial charge in [0.25, 0.3) is 0 Å². The Morgan fingerprint density at radius 3 is 2.58 bits per heavy atom. The van der Waals surface area contributed by atoms with Crippen LogP contribution in [0.15, 0.2) is 58.6 Å². The fourth-order valence-corrected chi connectivity index (χ4v) is 8.79. The number of hydrogen-bond donors (Lipinski definition) is 0. The molecule has 9 heteroatoms. The second kappa shape index (κ2) is 13.7. The molecule has 8 rings (SSSR count). The molecule has 3 aromatic carbocycles. The highest BCUT2D eigenvalue weighted by atomic mass is 16.6. The summed E-state index contributed by atoms with van der Waals surface area (Å²) >= 11 is 0. The van der Waals surface area contributed by atoms with Crippen molar-refractivity contribution < 1.29 is 23.8 Å². The van der Waals surface area contributed by atoms with Gasteiger partial charge in [0.1, 0.15) is 18.0 Å². The molecular formula is C44H52N4O5. The van der Waals surface area contributed by atoms with Gasteiger partial charge in [0.15, 0.2) is 0 Å². The maximum absolute atomic E-state index is 13.3. The number of fused-ring (bicyclic) bond motifs is 6. The summed E-state index contributed by atoms with van der Waals surface area (Å²) in [7, 11) is 1.71. The lowest BCUT2D eigenvalue weighted by atomic mass is 9.89. The number of rotatable bonds is 7. The van der Waals surface area contributed by atoms with Gasteiger partial charge < -0.3 is 19.1 Å². The number of carbonyl (C=O) groups is 2. The van der Waals surface area contributed by atoms with Gasteiger partial charge in [-0.25, -0.2) is 4.79 Å². The Balaban J connectivity index is 1.000. The van der Waals surface area contributed by atoms with Crippen LogP contribution in [-0.4, -0.2) is 77.7 Å². The van der Waals surface area contributed by atoms with Crippen molar-refractivity contribution in [2.75, 3.05) is 26.8 Å². The molecule has 3 aromatic rings. The number of hydrogen-bond acceptors (Lipinski definition) is 7. The number of allylic oxidation sites excluding steroid dienone is 1. The zero-order valence-electron chi connectivity index (χ0n) is 32.2. The molecule has 5 aliphatic heterocycles. The molecule has 2 saturated heterocycles. The largest absolute Gasteiger partial charge is 0.488 e. The predicted octanol–water partition coefficient (Wildman–Crippen LogP) is 8.77. The lowest BCUT2D eigenvalue weighted by Crippen LogP contribution is -2.43. The number of carbonyl (C=O) groups excluding carboxylic acids is 2. The van der Waals surface area contributed by atoms with Crippen molar-refractivity contribution in [2.45, 2.75) is 97.9 Å². The normalized spacial score (nSPS) is 22.6. The third-order valence-electron chi connectivity index (χ3n) is 11.8. The zero-order chi connectivity index (χ0) is 37.2. The molecule has 0 aromatic heterocycles. The van der Waals surface area contributed by atoms with Crippen LogP contribution in [0.25, 0.3) is 27.5 Å². The SMILES string of the molecule is COC[C@H]1C[C@@H](C2=Nc3ccc4cc5c(cc4c3C2)OCc2cc(C3=CN=C([C@@H]4CCCN4C(=O)C(C)C(C)C)C3)ccc2-5)N(C(=O)OC(C)(C)C)C1. The van der Waals surface area contributed by atoms with E-state index in [4.69, 9.17) is 24.2 Å². The van der Waals surface area contributed by atoms with Gasteiger partial charge in [-0.3, -0.25) is 19.7 Å². The highest BCUT2D eigenvalue weighted by Gasteiger charge is 2.42. The lowest BCUT2D eigenvalue weighted by Gasteiger charge is -2.29. The standard InChI is InChI=1S/C44H52N4O5/c1-25(2)26(3)42(49)47-14-8-9-39(47)37-18-30(21-45-37)28-10-12-32-31(16-28)24-52-41-20-33-29(17-35(32)41)11-13-36-34(33)19-38(46-36)40-15-27(23-51-7)22-48(40)43(50)53-44(4,5)6/h10-13,16-17,20-21,25-27,39-40H,8-9,14-15,18-19,22-24H2,1-7H3/t26?,27-,39-,40-/m0/s1. The Bertz CT molecular complexity index is 2070. The fraction of sp³-hybridized carbons (Fsp3) is 0.500. The maximum atomic E-state index is 13.3. The number of nitrogens with zero attached hydrogens (tertiary/aromatic N) is 4. The summed E-state index contributed by atoms with van der Waals surface area (Å²) in [5, 5.41) is 2.28. The highest BCUT2D eigenvalue weighted by molar-refractivity contribution is 6.06. The highest BCUT2D eigenvalue weighted by Crippen LogP contribution is 2.45. The molecule has 0 aliphatic carbocycles. The molecule has 278 valence electrons. The first-order valence-corrected chi connectivity index (χ1v) is 19.4. The van der Waals surface area contributed by atoms with Crippen molar-refractivity contribution in [3.63, 3.8) is 0 Å². The summed E-state index contributed by atoms with van der Waals surface area (Å²) in [5.41, 5.74) is 9.45. The second-order valence-corrected chi connectivity index (χ2v) is 17.0. The summed E-state index contributed by atoms with van der Waals surface area (Å²) in [6.07, 6.45) is 5.96. The van der Waals surface area contributed by atoms with Gasteiger partial charge in [0.2, 0.25) is 5.91 Å². The molecule has 1 unspecified atom stereocenters.